The molecule has 7 nitrogen and oxygen atoms in total. The van der Waals surface area contributed by atoms with E-state index in [1.165, 1.54) is 4.90 Å². The van der Waals surface area contributed by atoms with Crippen LogP contribution in [0.25, 0.3) is 0 Å². The smallest absolute Gasteiger partial charge is 0.328 e. The van der Waals surface area contributed by atoms with Crippen molar-refractivity contribution >= 4 is 54.8 Å². The maximum atomic E-state index is 13.2. The Kier molecular flexibility index (Phi) is 9.66. The topological polar surface area (TPSA) is 82.1 Å². The van der Waals surface area contributed by atoms with E-state index in [4.69, 9.17) is 37.7 Å². The van der Waals surface area contributed by atoms with Crippen LogP contribution in [0.4, 0.5) is 0 Å². The van der Waals surface area contributed by atoms with Gasteiger partial charge in [0.2, 0.25) is 12.7 Å². The van der Waals surface area contributed by atoms with Gasteiger partial charge in [-0.1, -0.05) is 42.9 Å². The maximum absolute atomic E-state index is 13.2. The third kappa shape index (κ3) is 7.83. The molecule has 10 heteroatoms. The van der Waals surface area contributed by atoms with Crippen molar-refractivity contribution < 1.29 is 28.3 Å². The molecule has 1 saturated heterocycles. The van der Waals surface area contributed by atoms with Gasteiger partial charge < -0.3 is 18.8 Å². The van der Waals surface area contributed by atoms with Crippen molar-refractivity contribution in [1.82, 2.24) is 4.90 Å². The number of halogens is 1. The fraction of sp³-hybridized carbons (Fsp3) is 0.600. The summed E-state index contributed by atoms with van der Waals surface area (Å²) in [7, 11) is -1.91. The molecule has 1 fully saturated rings. The quantitative estimate of drug-likeness (QED) is 0.104. The summed E-state index contributed by atoms with van der Waals surface area (Å²) < 4.78 is 16.3. The van der Waals surface area contributed by atoms with Gasteiger partial charge in [0.05, 0.1) is 23.5 Å². The first-order valence-electron chi connectivity index (χ1n) is 11.6. The van der Waals surface area contributed by atoms with Crippen LogP contribution in [-0.2, 0) is 28.3 Å². The molecule has 0 aliphatic carbocycles. The average molecular weight is 542 g/mol. The molecule has 1 aromatic rings. The van der Waals surface area contributed by atoms with Crippen molar-refractivity contribution in [2.24, 2.45) is 17.3 Å². The second-order valence-electron chi connectivity index (χ2n) is 10.9. The third-order valence-corrected chi connectivity index (χ3v) is 7.66. The zero-order chi connectivity index (χ0) is 26.7. The molecule has 0 radical (unpaired) electrons. The molecule has 35 heavy (non-hydrogen) atoms. The van der Waals surface area contributed by atoms with Crippen molar-refractivity contribution in [3.05, 3.63) is 34.9 Å². The van der Waals surface area contributed by atoms with Crippen LogP contribution in [0.3, 0.4) is 0 Å². The number of likely N-dealkylation sites (tertiary alicyclic amines) is 1. The summed E-state index contributed by atoms with van der Waals surface area (Å²) in [6.45, 7) is 14.4. The second kappa shape index (κ2) is 11.5. The molecule has 0 saturated carbocycles. The summed E-state index contributed by atoms with van der Waals surface area (Å²) in [4.78, 5) is 39.7. The number of carbonyl (C=O) groups excluding carboxylic acids is 3. The number of hydrogen-bond acceptors (Lipinski definition) is 7. The zero-order valence-corrected chi connectivity index (χ0v) is 24.3. The summed E-state index contributed by atoms with van der Waals surface area (Å²) >= 11 is 11.8. The summed E-state index contributed by atoms with van der Waals surface area (Å²) in [6, 6.07) is 6.89. The molecule has 4 atom stereocenters. The first-order valence-corrected chi connectivity index (χ1v) is 15.8. The van der Waals surface area contributed by atoms with Gasteiger partial charge in [-0.3, -0.25) is 14.4 Å². The summed E-state index contributed by atoms with van der Waals surface area (Å²) in [5.74, 6) is -1.99. The molecule has 0 bridgehead atoms. The molecular formula is C25H36ClNO6SSi. The average Bonchev–Trinajstić information content (AvgIpc) is 2.73. The Morgan fingerprint density at radius 2 is 1.69 bits per heavy atom. The molecule has 2 rings (SSSR count). The Bertz CT molecular complexity index is 956. The number of rotatable bonds is 10. The van der Waals surface area contributed by atoms with Crippen molar-refractivity contribution in [2.75, 3.05) is 13.3 Å². The van der Waals surface area contributed by atoms with E-state index in [9.17, 15) is 14.4 Å². The normalized spacial score (nSPS) is 20.0. The SMILES string of the molecule is C[C@@H](O[Si](C)(C)C)[C@H]1C(=O)N(CC(=O)OCOC(=O)C(C)(C)C)[C@@H]1[C@@H](C)C(=S)c1ccc(Cl)cc1. The molecular weight excluding hydrogens is 506 g/mol. The van der Waals surface area contributed by atoms with Crippen molar-refractivity contribution in [1.29, 1.82) is 0 Å². The molecule has 1 amide bonds. The van der Waals surface area contributed by atoms with Crippen LogP contribution >= 0.6 is 23.8 Å². The monoisotopic (exact) mass is 541 g/mol. The van der Waals surface area contributed by atoms with Gasteiger partial charge in [-0.15, -0.1) is 0 Å². The van der Waals surface area contributed by atoms with Gasteiger partial charge in [0.25, 0.3) is 0 Å². The van der Waals surface area contributed by atoms with Crippen LogP contribution in [0.15, 0.2) is 24.3 Å². The van der Waals surface area contributed by atoms with Crippen LogP contribution in [0.5, 0.6) is 0 Å². The van der Waals surface area contributed by atoms with Gasteiger partial charge in [0, 0.05) is 15.8 Å². The van der Waals surface area contributed by atoms with Gasteiger partial charge in [-0.2, -0.15) is 0 Å². The zero-order valence-electron chi connectivity index (χ0n) is 21.7. The van der Waals surface area contributed by atoms with Crippen LogP contribution in [-0.4, -0.2) is 61.4 Å². The lowest BCUT2D eigenvalue weighted by Gasteiger charge is -2.52. The fourth-order valence-electron chi connectivity index (χ4n) is 4.05. The Labute approximate surface area is 219 Å². The molecule has 1 aliphatic rings. The maximum Gasteiger partial charge on any atom is 0.328 e. The molecule has 194 valence electrons. The lowest BCUT2D eigenvalue weighted by molar-refractivity contribution is -0.181. The number of hydrogen-bond donors (Lipinski definition) is 0. The number of nitrogens with zero attached hydrogens (tertiary/aromatic N) is 1. The predicted molar refractivity (Wildman–Crippen MR) is 142 cm³/mol. The Morgan fingerprint density at radius 1 is 1.11 bits per heavy atom. The number of thiocarbonyl (C=S) groups is 1. The van der Waals surface area contributed by atoms with E-state index >= 15 is 0 Å². The van der Waals surface area contributed by atoms with E-state index < -0.39 is 38.4 Å². The van der Waals surface area contributed by atoms with Crippen molar-refractivity contribution in [3.8, 4) is 0 Å². The lowest BCUT2D eigenvalue weighted by atomic mass is 9.74. The molecule has 0 spiro atoms. The summed E-state index contributed by atoms with van der Waals surface area (Å²) in [6.07, 6.45) is -0.324. The Morgan fingerprint density at radius 3 is 2.20 bits per heavy atom. The fourth-order valence-corrected chi connectivity index (χ4v) is 5.72. The van der Waals surface area contributed by atoms with Crippen LogP contribution in [0, 0.1) is 17.3 Å². The van der Waals surface area contributed by atoms with Crippen LogP contribution < -0.4 is 0 Å². The van der Waals surface area contributed by atoms with E-state index in [1.807, 2.05) is 26.0 Å². The number of ether oxygens (including phenoxy) is 2. The predicted octanol–water partition coefficient (Wildman–Crippen LogP) is 4.85. The van der Waals surface area contributed by atoms with E-state index in [0.717, 1.165) is 5.56 Å². The highest BCUT2D eigenvalue weighted by molar-refractivity contribution is 7.80. The highest BCUT2D eigenvalue weighted by Gasteiger charge is 2.54. The first-order chi connectivity index (χ1) is 16.0. The van der Waals surface area contributed by atoms with Gasteiger partial charge in [-0.05, 0) is 65.0 Å². The van der Waals surface area contributed by atoms with E-state index in [2.05, 4.69) is 19.6 Å². The second-order valence-corrected chi connectivity index (χ2v) is 16.2. The van der Waals surface area contributed by atoms with Gasteiger partial charge in [-0.25, -0.2) is 0 Å². The van der Waals surface area contributed by atoms with Gasteiger partial charge in [0.1, 0.15) is 6.54 Å². The van der Waals surface area contributed by atoms with Crippen LogP contribution in [0.2, 0.25) is 24.7 Å². The highest BCUT2D eigenvalue weighted by Crippen LogP contribution is 2.38. The molecule has 1 aromatic carbocycles. The lowest BCUT2D eigenvalue weighted by Crippen LogP contribution is -2.69. The summed E-state index contributed by atoms with van der Waals surface area (Å²) in [5.41, 5.74) is 0.127. The minimum Gasteiger partial charge on any atom is -0.427 e. The molecule has 0 unspecified atom stereocenters. The minimum absolute atomic E-state index is 0.185. The Balaban J connectivity index is 2.16. The molecule has 0 aromatic heterocycles. The number of carbonyl (C=O) groups is 3. The van der Waals surface area contributed by atoms with Crippen molar-refractivity contribution in [3.63, 3.8) is 0 Å². The van der Waals surface area contributed by atoms with Gasteiger partial charge in [0.15, 0.2) is 8.32 Å². The Hall–Kier alpha value is -1.81. The first kappa shape index (κ1) is 29.4. The standard InChI is InChI=1S/C25H36ClNO6SSi/c1-15(22(34)17-9-11-18(26)12-10-17)21-20(16(2)33-35(6,7)8)23(29)27(21)13-19(28)31-14-32-24(30)25(3,4)5/h9-12,15-16,20-21H,13-14H2,1-8H3/t15-,16-,20-,21-/m1/s1. The molecule has 1 heterocycles. The van der Waals surface area contributed by atoms with Gasteiger partial charge >= 0.3 is 11.9 Å². The number of benzene rings is 1. The molecule has 0 N–H and O–H groups in total. The number of amides is 1. The largest absolute Gasteiger partial charge is 0.427 e. The van der Waals surface area contributed by atoms with E-state index in [-0.39, 0.29) is 30.5 Å². The molecule has 1 aliphatic heterocycles. The number of esters is 2. The minimum atomic E-state index is -1.91. The van der Waals surface area contributed by atoms with Crippen LogP contribution in [0.1, 0.15) is 40.2 Å². The third-order valence-electron chi connectivity index (χ3n) is 5.72. The summed E-state index contributed by atoms with van der Waals surface area (Å²) in [5, 5.41) is 0.606. The highest BCUT2D eigenvalue weighted by atomic mass is 35.5. The van der Waals surface area contributed by atoms with Crippen molar-refractivity contribution in [2.45, 2.75) is 66.4 Å². The number of β-lactam (4-membered cyclic amide) rings is 1. The van der Waals surface area contributed by atoms with E-state index in [1.54, 1.807) is 32.9 Å². The van der Waals surface area contributed by atoms with E-state index in [0.29, 0.717) is 9.89 Å².